The van der Waals surface area contributed by atoms with Gasteiger partial charge in [-0.3, -0.25) is 4.39 Å². The summed E-state index contributed by atoms with van der Waals surface area (Å²) in [5.74, 6) is 0. The Balaban J connectivity index is 0. The number of amides is 2. The standard InChI is InChI=1S/C22H28N4O.C2H6.CH3F.F2/c1-5-18(10-7-17(4)13-14-24-22(23)27)21-15-19(6-2)25-26(21)20-11-8-16(3)9-12-20;3*1-2/h5,7-12,15H,1,6,13-14H2,2-4H3,(H3,23,24,27);1-2H3;1H3;/b17-7+,18-10+;;;. The fourth-order valence-corrected chi connectivity index (χ4v) is 2.65. The number of carbonyl (C=O) groups is 1. The Labute approximate surface area is 195 Å². The molecule has 1 aromatic heterocycles. The highest BCUT2D eigenvalue weighted by Crippen LogP contribution is 2.22. The molecule has 0 aliphatic heterocycles. The molecule has 0 radical (unpaired) electrons. The molecule has 2 rings (SSSR count). The van der Waals surface area contributed by atoms with Gasteiger partial charge in [-0.15, -0.1) is 0 Å². The lowest BCUT2D eigenvalue weighted by molar-refractivity contribution is 0.108. The Morgan fingerprint density at radius 2 is 1.76 bits per heavy atom. The third kappa shape index (κ3) is 11.8. The number of hydrogen-bond acceptors (Lipinski definition) is 2. The third-order valence-electron chi connectivity index (χ3n) is 4.28. The Hall–Kier alpha value is -3.29. The Morgan fingerprint density at radius 3 is 2.24 bits per heavy atom. The summed E-state index contributed by atoms with van der Waals surface area (Å²) in [6.45, 7) is 14.7. The molecule has 0 aliphatic rings. The minimum atomic E-state index is -0.501. The molecule has 8 heteroatoms. The van der Waals surface area contributed by atoms with Crippen LogP contribution in [0.4, 0.5) is 18.3 Å². The number of urea groups is 1. The normalized spacial score (nSPS) is 10.5. The monoisotopic (exact) mass is 466 g/mol. The SMILES string of the molecule is C=C/C(=C\C=C(/C)CCNC(N)=O)c1cc(CC)nn1-c1ccc(C)cc1.CC.CF.FF. The number of aryl methyl sites for hydroxylation is 2. The summed E-state index contributed by atoms with van der Waals surface area (Å²) in [6, 6.07) is 9.91. The van der Waals surface area contributed by atoms with Crippen molar-refractivity contribution in [2.45, 2.75) is 47.5 Å². The van der Waals surface area contributed by atoms with Crippen LogP contribution in [-0.4, -0.2) is 29.5 Å². The Kier molecular flexibility index (Phi) is 18.7. The van der Waals surface area contributed by atoms with E-state index in [2.05, 4.69) is 56.1 Å². The number of hydrogen-bond donors (Lipinski definition) is 2. The molecule has 0 unspecified atom stereocenters. The van der Waals surface area contributed by atoms with Gasteiger partial charge in [0.1, 0.15) is 0 Å². The highest BCUT2D eigenvalue weighted by atomic mass is 20.0. The number of nitrogens with one attached hydrogen (secondary N) is 1. The van der Waals surface area contributed by atoms with Gasteiger partial charge < -0.3 is 11.1 Å². The number of nitrogens with zero attached hydrogens (tertiary/aromatic N) is 2. The topological polar surface area (TPSA) is 72.9 Å². The predicted octanol–water partition coefficient (Wildman–Crippen LogP) is 6.77. The second kappa shape index (κ2) is 19.4. The molecule has 33 heavy (non-hydrogen) atoms. The molecular formula is C25H37F3N4O. The van der Waals surface area contributed by atoms with Crippen molar-refractivity contribution < 1.29 is 18.3 Å². The van der Waals surface area contributed by atoms with Gasteiger partial charge in [0.25, 0.3) is 0 Å². The maximum atomic E-state index is 10.8. The van der Waals surface area contributed by atoms with Gasteiger partial charge in [0.05, 0.1) is 24.3 Å². The molecule has 0 spiro atoms. The van der Waals surface area contributed by atoms with Gasteiger partial charge in [-0.25, -0.2) is 9.48 Å². The summed E-state index contributed by atoms with van der Waals surface area (Å²) in [6.07, 6.45) is 7.52. The summed E-state index contributed by atoms with van der Waals surface area (Å²) in [5, 5.41) is 7.34. The van der Waals surface area contributed by atoms with Crippen molar-refractivity contribution in [3.8, 4) is 5.69 Å². The number of alkyl halides is 1. The first kappa shape index (κ1) is 31.9. The van der Waals surface area contributed by atoms with Crippen molar-refractivity contribution in [2.75, 3.05) is 13.7 Å². The number of carbonyl (C=O) groups excluding carboxylic acids is 1. The molecule has 184 valence electrons. The van der Waals surface area contributed by atoms with E-state index in [4.69, 9.17) is 20.0 Å². The fourth-order valence-electron chi connectivity index (χ4n) is 2.65. The highest BCUT2D eigenvalue weighted by Gasteiger charge is 2.11. The number of allylic oxidation sites excluding steroid dienone is 4. The quantitative estimate of drug-likeness (QED) is 0.421. The summed E-state index contributed by atoms with van der Waals surface area (Å²) in [5.41, 5.74) is 11.5. The van der Waals surface area contributed by atoms with Crippen LogP contribution in [0, 0.1) is 6.92 Å². The minimum Gasteiger partial charge on any atom is -0.352 e. The third-order valence-corrected chi connectivity index (χ3v) is 4.28. The molecule has 1 aromatic carbocycles. The van der Waals surface area contributed by atoms with Gasteiger partial charge in [0.2, 0.25) is 0 Å². The first-order valence-electron chi connectivity index (χ1n) is 10.7. The molecule has 0 atom stereocenters. The maximum absolute atomic E-state index is 10.8. The van der Waals surface area contributed by atoms with E-state index in [1.165, 1.54) is 5.56 Å². The van der Waals surface area contributed by atoms with Crippen molar-refractivity contribution in [1.29, 1.82) is 0 Å². The number of aromatic nitrogens is 2. The highest BCUT2D eigenvalue weighted by molar-refractivity contribution is 5.74. The largest absolute Gasteiger partial charge is 0.352 e. The van der Waals surface area contributed by atoms with Crippen LogP contribution in [0.15, 0.2) is 60.7 Å². The molecule has 0 bridgehead atoms. The van der Waals surface area contributed by atoms with Crippen molar-refractivity contribution in [1.82, 2.24) is 15.1 Å². The summed E-state index contributed by atoms with van der Waals surface area (Å²) >= 11 is 0. The van der Waals surface area contributed by atoms with Crippen LogP contribution < -0.4 is 11.1 Å². The molecule has 0 saturated heterocycles. The lowest BCUT2D eigenvalue weighted by Crippen LogP contribution is -2.30. The first-order chi connectivity index (χ1) is 15.9. The summed E-state index contributed by atoms with van der Waals surface area (Å²) < 4.78 is 27.5. The van der Waals surface area contributed by atoms with Gasteiger partial charge in [-0.05, 0) is 50.5 Å². The van der Waals surface area contributed by atoms with Crippen molar-refractivity contribution >= 4 is 11.6 Å². The molecule has 2 aromatic rings. The van der Waals surface area contributed by atoms with E-state index in [0.29, 0.717) is 13.7 Å². The van der Waals surface area contributed by atoms with Gasteiger partial charge in [-0.2, -0.15) is 5.10 Å². The van der Waals surface area contributed by atoms with E-state index >= 15 is 0 Å². The van der Waals surface area contributed by atoms with Gasteiger partial charge in [0, 0.05) is 15.7 Å². The van der Waals surface area contributed by atoms with Crippen LogP contribution in [0.5, 0.6) is 0 Å². The van der Waals surface area contributed by atoms with Crippen molar-refractivity contribution in [3.63, 3.8) is 0 Å². The average molecular weight is 467 g/mol. The molecule has 0 saturated carbocycles. The van der Waals surface area contributed by atoms with E-state index in [1.807, 2.05) is 43.7 Å². The zero-order valence-corrected chi connectivity index (χ0v) is 20.5. The number of rotatable bonds is 8. The van der Waals surface area contributed by atoms with Crippen molar-refractivity contribution in [3.05, 3.63) is 77.7 Å². The number of primary amides is 1. The lowest BCUT2D eigenvalue weighted by Gasteiger charge is -2.08. The molecule has 5 nitrogen and oxygen atoms in total. The Bertz CT molecular complexity index is 872. The second-order valence-electron chi connectivity index (χ2n) is 6.50. The van der Waals surface area contributed by atoms with Crippen LogP contribution in [0.25, 0.3) is 11.3 Å². The summed E-state index contributed by atoms with van der Waals surface area (Å²) in [7, 11) is 0.500. The van der Waals surface area contributed by atoms with Crippen LogP contribution >= 0.6 is 0 Å². The number of halogens is 3. The zero-order valence-electron chi connectivity index (χ0n) is 20.5. The van der Waals surface area contributed by atoms with Gasteiger partial charge in [-0.1, -0.05) is 68.8 Å². The fraction of sp³-hybridized carbons (Fsp3) is 0.360. The van der Waals surface area contributed by atoms with Crippen LogP contribution in [0.3, 0.4) is 0 Å². The van der Waals surface area contributed by atoms with Crippen LogP contribution in [0.2, 0.25) is 0 Å². The minimum absolute atomic E-state index is 0.500. The maximum Gasteiger partial charge on any atom is 0.312 e. The molecule has 1 heterocycles. The molecule has 2 amide bonds. The lowest BCUT2D eigenvalue weighted by atomic mass is 10.1. The average Bonchev–Trinajstić information content (AvgIpc) is 3.28. The van der Waals surface area contributed by atoms with E-state index < -0.39 is 6.03 Å². The van der Waals surface area contributed by atoms with Crippen LogP contribution in [-0.2, 0) is 6.42 Å². The summed E-state index contributed by atoms with van der Waals surface area (Å²) in [4.78, 5) is 10.8. The zero-order chi connectivity index (χ0) is 25.8. The molecule has 3 N–H and O–H groups in total. The Morgan fingerprint density at radius 1 is 1.18 bits per heavy atom. The molecular weight excluding hydrogens is 429 g/mol. The van der Waals surface area contributed by atoms with Gasteiger partial charge >= 0.3 is 6.03 Å². The van der Waals surface area contributed by atoms with E-state index in [9.17, 15) is 9.18 Å². The smallest absolute Gasteiger partial charge is 0.312 e. The van der Waals surface area contributed by atoms with Crippen molar-refractivity contribution in [2.24, 2.45) is 5.73 Å². The second-order valence-corrected chi connectivity index (χ2v) is 6.50. The predicted molar refractivity (Wildman–Crippen MR) is 132 cm³/mol. The molecule has 0 aliphatic carbocycles. The number of benzene rings is 1. The van der Waals surface area contributed by atoms with Crippen LogP contribution in [0.1, 0.15) is 51.1 Å². The van der Waals surface area contributed by atoms with E-state index in [-0.39, 0.29) is 0 Å². The van der Waals surface area contributed by atoms with Gasteiger partial charge in [0.15, 0.2) is 0 Å². The molecule has 0 fully saturated rings. The van der Waals surface area contributed by atoms with E-state index in [1.54, 1.807) is 0 Å². The number of nitrogens with two attached hydrogens (primary N) is 1. The van der Waals surface area contributed by atoms with E-state index in [0.717, 1.165) is 41.1 Å². The first-order valence-corrected chi connectivity index (χ1v) is 10.7.